The van der Waals surface area contributed by atoms with Crippen LogP contribution in [0.1, 0.15) is 56.2 Å². The van der Waals surface area contributed by atoms with E-state index in [-0.39, 0.29) is 0 Å². The number of nitrogens with one attached hydrogen (secondary N) is 1. The summed E-state index contributed by atoms with van der Waals surface area (Å²) in [5.41, 5.74) is 0.430. The van der Waals surface area contributed by atoms with Crippen LogP contribution in [0.4, 0.5) is 0 Å². The quantitative estimate of drug-likeness (QED) is 0.845. The smallest absolute Gasteiger partial charge is 0.0931 e. The van der Waals surface area contributed by atoms with Crippen molar-refractivity contribution in [1.29, 1.82) is 0 Å². The molecule has 1 aromatic heterocycles. The summed E-state index contributed by atoms with van der Waals surface area (Å²) >= 11 is 7.72. The van der Waals surface area contributed by atoms with Gasteiger partial charge in [-0.1, -0.05) is 37.3 Å². The molecule has 3 rings (SSSR count). The number of hydrogen-bond donors (Lipinski definition) is 1. The number of halogens is 1. The zero-order valence-corrected chi connectivity index (χ0v) is 14.4. The predicted octanol–water partition coefficient (Wildman–Crippen LogP) is 4.68. The second kappa shape index (κ2) is 7.45. The summed E-state index contributed by atoms with van der Waals surface area (Å²) in [6.45, 7) is 4.73. The molecule has 0 bridgehead atoms. The molecule has 21 heavy (non-hydrogen) atoms. The lowest BCUT2D eigenvalue weighted by Crippen LogP contribution is -2.57. The van der Waals surface area contributed by atoms with E-state index in [0.717, 1.165) is 17.4 Å². The molecule has 0 spiro atoms. The summed E-state index contributed by atoms with van der Waals surface area (Å²) in [7, 11) is 0. The Morgan fingerprint density at radius 1 is 1.05 bits per heavy atom. The van der Waals surface area contributed by atoms with Gasteiger partial charge in [0.2, 0.25) is 0 Å². The minimum absolute atomic E-state index is 0.430. The first-order valence-electron chi connectivity index (χ1n) is 8.49. The number of piperidine rings is 1. The van der Waals surface area contributed by atoms with E-state index in [1.54, 1.807) is 11.3 Å². The molecule has 0 radical (unpaired) electrons. The van der Waals surface area contributed by atoms with Crippen LogP contribution in [0, 0.1) is 0 Å². The van der Waals surface area contributed by atoms with Crippen LogP contribution in [0.3, 0.4) is 0 Å². The van der Waals surface area contributed by atoms with Crippen molar-refractivity contribution in [3.05, 3.63) is 21.3 Å². The Balaban J connectivity index is 1.59. The lowest BCUT2D eigenvalue weighted by Gasteiger charge is -2.48. The fraction of sp³-hybridized carbons (Fsp3) is 0.765. The van der Waals surface area contributed by atoms with E-state index in [4.69, 9.17) is 11.6 Å². The first-order valence-corrected chi connectivity index (χ1v) is 9.68. The molecule has 2 nitrogen and oxygen atoms in total. The lowest BCUT2D eigenvalue weighted by molar-refractivity contribution is 0.0333. The topological polar surface area (TPSA) is 15.3 Å². The average Bonchev–Trinajstić information content (AvgIpc) is 2.95. The van der Waals surface area contributed by atoms with Gasteiger partial charge in [-0.15, -0.1) is 11.3 Å². The minimum atomic E-state index is 0.430. The normalized spacial score (nSPS) is 23.3. The minimum Gasteiger partial charge on any atom is -0.310 e. The molecule has 118 valence electrons. The van der Waals surface area contributed by atoms with Gasteiger partial charge in [-0.3, -0.25) is 4.90 Å². The van der Waals surface area contributed by atoms with Crippen molar-refractivity contribution < 1.29 is 0 Å². The van der Waals surface area contributed by atoms with E-state index in [1.807, 2.05) is 6.07 Å². The van der Waals surface area contributed by atoms with Crippen LogP contribution in [0.15, 0.2) is 12.1 Å². The molecule has 0 aromatic carbocycles. The van der Waals surface area contributed by atoms with Gasteiger partial charge in [0.05, 0.1) is 4.34 Å². The summed E-state index contributed by atoms with van der Waals surface area (Å²) < 4.78 is 0.898. The van der Waals surface area contributed by atoms with Gasteiger partial charge in [0.25, 0.3) is 0 Å². The molecule has 1 aliphatic heterocycles. The number of nitrogens with zero attached hydrogens (tertiary/aromatic N) is 1. The van der Waals surface area contributed by atoms with Crippen molar-refractivity contribution >= 4 is 22.9 Å². The maximum absolute atomic E-state index is 6.02. The summed E-state index contributed by atoms with van der Waals surface area (Å²) in [5.74, 6) is 0. The molecule has 1 saturated heterocycles. The zero-order valence-electron chi connectivity index (χ0n) is 12.9. The Labute approximate surface area is 137 Å². The first-order chi connectivity index (χ1) is 10.3. The van der Waals surface area contributed by atoms with Gasteiger partial charge in [0, 0.05) is 23.5 Å². The van der Waals surface area contributed by atoms with Crippen LogP contribution in [0.25, 0.3) is 0 Å². The van der Waals surface area contributed by atoms with Gasteiger partial charge in [-0.2, -0.15) is 0 Å². The third kappa shape index (κ3) is 4.01. The van der Waals surface area contributed by atoms with Crippen molar-refractivity contribution in [2.75, 3.05) is 19.6 Å². The molecular formula is C17H27ClN2S. The molecule has 1 aromatic rings. The molecule has 0 amide bonds. The number of likely N-dealkylation sites (tertiary alicyclic amines) is 1. The number of rotatable bonds is 5. The Hall–Kier alpha value is -0.0900. The molecule has 1 saturated carbocycles. The second-order valence-corrected chi connectivity index (χ2v) is 8.44. The van der Waals surface area contributed by atoms with Gasteiger partial charge in [0.1, 0.15) is 0 Å². The van der Waals surface area contributed by atoms with Crippen molar-refractivity contribution in [2.45, 2.75) is 63.5 Å². The van der Waals surface area contributed by atoms with E-state index in [1.165, 1.54) is 69.3 Å². The van der Waals surface area contributed by atoms with E-state index in [2.05, 4.69) is 16.3 Å². The highest BCUT2D eigenvalue weighted by molar-refractivity contribution is 7.16. The number of hydrogen-bond acceptors (Lipinski definition) is 3. The largest absolute Gasteiger partial charge is 0.310 e. The molecule has 0 atom stereocenters. The van der Waals surface area contributed by atoms with E-state index >= 15 is 0 Å². The van der Waals surface area contributed by atoms with Gasteiger partial charge in [0.15, 0.2) is 0 Å². The molecule has 2 heterocycles. The fourth-order valence-electron chi connectivity index (χ4n) is 4.05. The Bertz CT molecular complexity index is 434. The predicted molar refractivity (Wildman–Crippen MR) is 92.3 cm³/mol. The molecule has 1 aliphatic carbocycles. The molecule has 2 fully saturated rings. The molecule has 2 aliphatic rings. The van der Waals surface area contributed by atoms with E-state index in [0.29, 0.717) is 5.54 Å². The Morgan fingerprint density at radius 3 is 2.43 bits per heavy atom. The van der Waals surface area contributed by atoms with Gasteiger partial charge in [-0.25, -0.2) is 0 Å². The fourth-order valence-corrected chi connectivity index (χ4v) is 5.11. The van der Waals surface area contributed by atoms with Crippen LogP contribution in [-0.2, 0) is 6.54 Å². The average molecular weight is 327 g/mol. The summed E-state index contributed by atoms with van der Waals surface area (Å²) in [5, 5.41) is 3.73. The monoisotopic (exact) mass is 326 g/mol. The third-order valence-corrected chi connectivity index (χ3v) is 6.42. The maximum atomic E-state index is 6.02. The lowest BCUT2D eigenvalue weighted by atomic mass is 9.79. The highest BCUT2D eigenvalue weighted by atomic mass is 35.5. The van der Waals surface area contributed by atoms with Crippen molar-refractivity contribution in [3.63, 3.8) is 0 Å². The SMILES string of the molecule is Clc1ccc(CNCC2(N3CCCCC3)CCCCC2)s1. The number of thiophene rings is 1. The Kier molecular flexibility index (Phi) is 5.60. The molecular weight excluding hydrogens is 300 g/mol. The third-order valence-electron chi connectivity index (χ3n) is 5.19. The van der Waals surface area contributed by atoms with Crippen LogP contribution in [-0.4, -0.2) is 30.1 Å². The van der Waals surface area contributed by atoms with Crippen LogP contribution >= 0.6 is 22.9 Å². The second-order valence-electron chi connectivity index (χ2n) is 6.64. The first kappa shape index (κ1) is 15.8. The van der Waals surface area contributed by atoms with Crippen molar-refractivity contribution in [3.8, 4) is 0 Å². The molecule has 4 heteroatoms. The van der Waals surface area contributed by atoms with Gasteiger partial charge >= 0.3 is 0 Å². The summed E-state index contributed by atoms with van der Waals surface area (Å²) in [6, 6.07) is 4.15. The standard InChI is InChI=1S/C17H27ClN2S/c18-16-8-7-15(21-16)13-19-14-17(9-3-1-4-10-17)20-11-5-2-6-12-20/h7-8,19H,1-6,9-14H2. The van der Waals surface area contributed by atoms with Crippen LogP contribution in [0.5, 0.6) is 0 Å². The van der Waals surface area contributed by atoms with Crippen LogP contribution in [0.2, 0.25) is 4.34 Å². The van der Waals surface area contributed by atoms with E-state index in [9.17, 15) is 0 Å². The van der Waals surface area contributed by atoms with Gasteiger partial charge < -0.3 is 5.32 Å². The van der Waals surface area contributed by atoms with E-state index < -0.39 is 0 Å². The highest BCUT2D eigenvalue weighted by Crippen LogP contribution is 2.35. The zero-order chi connectivity index (χ0) is 14.5. The van der Waals surface area contributed by atoms with Crippen molar-refractivity contribution in [1.82, 2.24) is 10.2 Å². The maximum Gasteiger partial charge on any atom is 0.0931 e. The highest BCUT2D eigenvalue weighted by Gasteiger charge is 2.37. The van der Waals surface area contributed by atoms with Crippen molar-refractivity contribution in [2.24, 2.45) is 0 Å². The molecule has 0 unspecified atom stereocenters. The summed E-state index contributed by atoms with van der Waals surface area (Å²) in [4.78, 5) is 4.16. The van der Waals surface area contributed by atoms with Gasteiger partial charge in [-0.05, 0) is 50.9 Å². The van der Waals surface area contributed by atoms with Crippen LogP contribution < -0.4 is 5.32 Å². The Morgan fingerprint density at radius 2 is 1.76 bits per heavy atom. The summed E-state index contributed by atoms with van der Waals surface area (Å²) in [6.07, 6.45) is 11.2. The molecule has 1 N–H and O–H groups in total.